The fraction of sp³-hybridized carbons (Fsp3) is 0.385. The van der Waals surface area contributed by atoms with Crippen molar-refractivity contribution in [3.63, 3.8) is 0 Å². The summed E-state index contributed by atoms with van der Waals surface area (Å²) in [4.78, 5) is 0. The number of hydrogen-bond acceptors (Lipinski definition) is 1. The molecule has 0 spiro atoms. The van der Waals surface area contributed by atoms with E-state index in [9.17, 15) is 0 Å². The van der Waals surface area contributed by atoms with E-state index in [1.54, 1.807) is 0 Å². The molecular formula is C13H18N2. The van der Waals surface area contributed by atoms with Crippen LogP contribution in [0.4, 0.5) is 5.69 Å². The van der Waals surface area contributed by atoms with Gasteiger partial charge in [0.2, 0.25) is 0 Å². The zero-order valence-corrected chi connectivity index (χ0v) is 9.62. The second kappa shape index (κ2) is 3.30. The molecule has 0 aliphatic rings. The lowest BCUT2D eigenvalue weighted by atomic mass is 9.97. The molecule has 1 aromatic heterocycles. The Labute approximate surface area is 90.7 Å². The van der Waals surface area contributed by atoms with Crippen molar-refractivity contribution in [2.75, 3.05) is 5.73 Å². The molecule has 1 heterocycles. The Morgan fingerprint density at radius 2 is 1.93 bits per heavy atom. The minimum atomic E-state index is 0.288. The van der Waals surface area contributed by atoms with Gasteiger partial charge in [0.05, 0.1) is 5.52 Å². The maximum atomic E-state index is 5.92. The third kappa shape index (κ3) is 1.99. The number of aromatic nitrogens is 1. The van der Waals surface area contributed by atoms with E-state index in [1.165, 1.54) is 5.52 Å². The molecule has 80 valence electrons. The Kier molecular flexibility index (Phi) is 2.22. The first kappa shape index (κ1) is 10.1. The molecule has 0 fully saturated rings. The van der Waals surface area contributed by atoms with E-state index in [-0.39, 0.29) is 5.41 Å². The van der Waals surface area contributed by atoms with Crippen molar-refractivity contribution in [3.05, 3.63) is 30.5 Å². The summed E-state index contributed by atoms with van der Waals surface area (Å²) in [7, 11) is 0. The standard InChI is InChI=1S/C13H18N2/c1-13(2,3)9-15-8-7-10-11(14)5-4-6-12(10)15/h4-8H,9,14H2,1-3H3. The third-order valence-corrected chi connectivity index (χ3v) is 2.49. The van der Waals surface area contributed by atoms with Gasteiger partial charge in [-0.25, -0.2) is 0 Å². The SMILES string of the molecule is CC(C)(C)Cn1ccc2c(N)cccc21. The normalized spacial score (nSPS) is 12.2. The van der Waals surface area contributed by atoms with Gasteiger partial charge in [-0.15, -0.1) is 0 Å². The maximum Gasteiger partial charge on any atom is 0.0501 e. The molecule has 0 unspecified atom stereocenters. The third-order valence-electron chi connectivity index (χ3n) is 2.49. The lowest BCUT2D eigenvalue weighted by Gasteiger charge is -2.19. The summed E-state index contributed by atoms with van der Waals surface area (Å²) in [5.74, 6) is 0. The number of hydrogen-bond donors (Lipinski definition) is 1. The number of benzene rings is 1. The van der Waals surface area contributed by atoms with Crippen LogP contribution in [0.1, 0.15) is 20.8 Å². The maximum absolute atomic E-state index is 5.92. The Bertz CT molecular complexity index is 475. The van der Waals surface area contributed by atoms with Gasteiger partial charge in [-0.2, -0.15) is 0 Å². The summed E-state index contributed by atoms with van der Waals surface area (Å²) < 4.78 is 2.27. The molecule has 15 heavy (non-hydrogen) atoms. The molecule has 0 aliphatic heterocycles. The monoisotopic (exact) mass is 202 g/mol. The summed E-state index contributed by atoms with van der Waals surface area (Å²) in [6.45, 7) is 7.74. The van der Waals surface area contributed by atoms with Crippen molar-refractivity contribution in [1.29, 1.82) is 0 Å². The van der Waals surface area contributed by atoms with Crippen molar-refractivity contribution >= 4 is 16.6 Å². The smallest absolute Gasteiger partial charge is 0.0501 e. The van der Waals surface area contributed by atoms with E-state index < -0.39 is 0 Å². The van der Waals surface area contributed by atoms with Gasteiger partial charge >= 0.3 is 0 Å². The minimum Gasteiger partial charge on any atom is -0.398 e. The summed E-state index contributed by atoms with van der Waals surface area (Å²) in [6, 6.07) is 8.18. The number of nitrogens with zero attached hydrogens (tertiary/aromatic N) is 1. The van der Waals surface area contributed by atoms with Gasteiger partial charge in [0.15, 0.2) is 0 Å². The number of nitrogen functional groups attached to an aromatic ring is 1. The first-order chi connectivity index (χ1) is 6.97. The molecule has 0 amide bonds. The van der Waals surface area contributed by atoms with E-state index >= 15 is 0 Å². The van der Waals surface area contributed by atoms with Crippen LogP contribution in [0.2, 0.25) is 0 Å². The summed E-state index contributed by atoms with van der Waals surface area (Å²) in [5.41, 5.74) is 8.30. The van der Waals surface area contributed by atoms with Gasteiger partial charge in [-0.3, -0.25) is 0 Å². The van der Waals surface area contributed by atoms with Crippen LogP contribution in [0.3, 0.4) is 0 Å². The number of nitrogens with two attached hydrogens (primary N) is 1. The molecule has 2 rings (SSSR count). The molecular weight excluding hydrogens is 184 g/mol. The van der Waals surface area contributed by atoms with Gasteiger partial charge < -0.3 is 10.3 Å². The van der Waals surface area contributed by atoms with E-state index in [1.807, 2.05) is 12.1 Å². The lowest BCUT2D eigenvalue weighted by Crippen LogP contribution is -2.14. The van der Waals surface area contributed by atoms with Crippen molar-refractivity contribution in [3.8, 4) is 0 Å². The highest BCUT2D eigenvalue weighted by Gasteiger charge is 2.12. The Morgan fingerprint density at radius 3 is 2.60 bits per heavy atom. The number of anilines is 1. The highest BCUT2D eigenvalue weighted by atomic mass is 15.0. The fourth-order valence-corrected chi connectivity index (χ4v) is 1.90. The van der Waals surface area contributed by atoms with Crippen LogP contribution in [0.15, 0.2) is 30.5 Å². The van der Waals surface area contributed by atoms with Crippen LogP contribution in [0.5, 0.6) is 0 Å². The summed E-state index contributed by atoms with van der Waals surface area (Å²) >= 11 is 0. The molecule has 2 aromatic rings. The van der Waals surface area contributed by atoms with Crippen LogP contribution in [-0.2, 0) is 6.54 Å². The predicted octanol–water partition coefficient (Wildman–Crippen LogP) is 3.27. The van der Waals surface area contributed by atoms with Crippen LogP contribution in [0.25, 0.3) is 10.9 Å². The quantitative estimate of drug-likeness (QED) is 0.707. The molecule has 0 aliphatic carbocycles. The van der Waals surface area contributed by atoms with Crippen LogP contribution in [-0.4, -0.2) is 4.57 Å². The van der Waals surface area contributed by atoms with Gasteiger partial charge in [0.1, 0.15) is 0 Å². The Hall–Kier alpha value is -1.44. The van der Waals surface area contributed by atoms with Gasteiger partial charge in [0, 0.05) is 23.8 Å². The molecule has 0 saturated heterocycles. The summed E-state index contributed by atoms with van der Waals surface area (Å²) in [6.07, 6.45) is 2.12. The minimum absolute atomic E-state index is 0.288. The molecule has 0 saturated carbocycles. The predicted molar refractivity (Wildman–Crippen MR) is 65.8 cm³/mol. The van der Waals surface area contributed by atoms with Crippen molar-refractivity contribution in [2.45, 2.75) is 27.3 Å². The van der Waals surface area contributed by atoms with Crippen LogP contribution < -0.4 is 5.73 Å². The number of rotatable bonds is 1. The van der Waals surface area contributed by atoms with Crippen LogP contribution in [0, 0.1) is 5.41 Å². The first-order valence-electron chi connectivity index (χ1n) is 5.31. The van der Waals surface area contributed by atoms with E-state index in [0.717, 1.165) is 17.6 Å². The zero-order chi connectivity index (χ0) is 11.1. The highest BCUT2D eigenvalue weighted by molar-refractivity contribution is 5.91. The van der Waals surface area contributed by atoms with Gasteiger partial charge in [-0.05, 0) is 23.6 Å². The van der Waals surface area contributed by atoms with E-state index in [0.29, 0.717) is 0 Å². The average Bonchev–Trinajstić information content (AvgIpc) is 2.48. The van der Waals surface area contributed by atoms with Crippen LogP contribution >= 0.6 is 0 Å². The second-order valence-electron chi connectivity index (χ2n) is 5.28. The van der Waals surface area contributed by atoms with Gasteiger partial charge in [0.25, 0.3) is 0 Å². The average molecular weight is 202 g/mol. The molecule has 1 aromatic carbocycles. The molecule has 2 nitrogen and oxygen atoms in total. The molecule has 0 bridgehead atoms. The van der Waals surface area contributed by atoms with Crippen molar-refractivity contribution in [2.24, 2.45) is 5.41 Å². The van der Waals surface area contributed by atoms with E-state index in [2.05, 4.69) is 43.7 Å². The molecule has 2 heteroatoms. The van der Waals surface area contributed by atoms with Crippen molar-refractivity contribution in [1.82, 2.24) is 4.57 Å². The summed E-state index contributed by atoms with van der Waals surface area (Å²) in [5, 5.41) is 1.15. The molecule has 0 radical (unpaired) electrons. The molecule has 0 atom stereocenters. The van der Waals surface area contributed by atoms with E-state index in [4.69, 9.17) is 5.73 Å². The highest BCUT2D eigenvalue weighted by Crippen LogP contribution is 2.25. The topological polar surface area (TPSA) is 30.9 Å². The molecule has 2 N–H and O–H groups in total. The Balaban J connectivity index is 2.50. The zero-order valence-electron chi connectivity index (χ0n) is 9.62. The largest absolute Gasteiger partial charge is 0.398 e. The van der Waals surface area contributed by atoms with Gasteiger partial charge in [-0.1, -0.05) is 26.8 Å². The lowest BCUT2D eigenvalue weighted by molar-refractivity contribution is 0.349. The second-order valence-corrected chi connectivity index (χ2v) is 5.28. The number of fused-ring (bicyclic) bond motifs is 1. The fourth-order valence-electron chi connectivity index (χ4n) is 1.90. The Morgan fingerprint density at radius 1 is 1.20 bits per heavy atom. The van der Waals surface area contributed by atoms with Crippen molar-refractivity contribution < 1.29 is 0 Å². The first-order valence-corrected chi connectivity index (χ1v) is 5.31.